The van der Waals surface area contributed by atoms with Crippen LogP contribution in [0.4, 0.5) is 11.6 Å². The molecule has 0 bridgehead atoms. The van der Waals surface area contributed by atoms with Crippen molar-refractivity contribution in [3.63, 3.8) is 0 Å². The van der Waals surface area contributed by atoms with E-state index in [-0.39, 0.29) is 16.9 Å². The average Bonchev–Trinajstić information content (AvgIpc) is 2.33. The van der Waals surface area contributed by atoms with E-state index >= 15 is 0 Å². The Morgan fingerprint density at radius 1 is 1.05 bits per heavy atom. The Labute approximate surface area is 135 Å². The van der Waals surface area contributed by atoms with Gasteiger partial charge in [0, 0.05) is 17.5 Å². The fourth-order valence-electron chi connectivity index (χ4n) is 2.26. The van der Waals surface area contributed by atoms with E-state index in [4.69, 9.17) is 0 Å². The molecule has 1 aromatic rings. The molecule has 4 nitrogen and oxygen atoms in total. The van der Waals surface area contributed by atoms with Crippen LogP contribution in [0.2, 0.25) is 0 Å². The molecule has 0 amide bonds. The number of nitrogens with zero attached hydrogens (tertiary/aromatic N) is 1. The lowest BCUT2D eigenvalue weighted by Crippen LogP contribution is -2.30. The Hall–Kier alpha value is -1.58. The number of carbonyl (C=O) groups excluding carboxylic acids is 1. The number of pyridine rings is 1. The molecule has 0 aliphatic heterocycles. The van der Waals surface area contributed by atoms with Gasteiger partial charge in [-0.2, -0.15) is 0 Å². The maximum atomic E-state index is 12.4. The molecule has 0 saturated heterocycles. The van der Waals surface area contributed by atoms with Crippen molar-refractivity contribution in [3.05, 3.63) is 17.2 Å². The summed E-state index contributed by atoms with van der Waals surface area (Å²) in [6, 6.07) is 2.00. The Morgan fingerprint density at radius 3 is 2.00 bits per heavy atom. The van der Waals surface area contributed by atoms with Crippen LogP contribution in [0, 0.1) is 0 Å². The zero-order valence-electron chi connectivity index (χ0n) is 15.3. The van der Waals surface area contributed by atoms with Crippen LogP contribution in [0.15, 0.2) is 6.07 Å². The summed E-state index contributed by atoms with van der Waals surface area (Å²) >= 11 is 0. The third-order valence-corrected chi connectivity index (χ3v) is 3.08. The summed E-state index contributed by atoms with van der Waals surface area (Å²) in [5.41, 5.74) is 1.55. The molecule has 0 fully saturated rings. The van der Waals surface area contributed by atoms with Gasteiger partial charge >= 0.3 is 0 Å². The molecule has 0 aliphatic carbocycles. The van der Waals surface area contributed by atoms with E-state index in [0.717, 1.165) is 23.4 Å². The number of hydrogen-bond acceptors (Lipinski definition) is 4. The normalized spacial score (nSPS) is 12.2. The lowest BCUT2D eigenvalue weighted by Gasteiger charge is -2.27. The Morgan fingerprint density at radius 2 is 1.59 bits per heavy atom. The van der Waals surface area contributed by atoms with Crippen LogP contribution in [0.5, 0.6) is 0 Å². The topological polar surface area (TPSA) is 54.0 Å². The van der Waals surface area contributed by atoms with E-state index in [1.54, 1.807) is 0 Å². The number of carbonyl (C=O) groups is 1. The molecule has 0 saturated carbocycles. The Bertz CT molecular complexity index is 536. The standard InChI is InChI=1S/C18H31N3O/c1-9-12-11-14(20-17(3,4)5)19-16(21-18(6,7)8)15(12)13(22)10-2/h11H,9-10H2,1-8H3,(H2,19,20,21). The van der Waals surface area contributed by atoms with Gasteiger partial charge in [-0.25, -0.2) is 4.98 Å². The van der Waals surface area contributed by atoms with Crippen molar-refractivity contribution in [2.24, 2.45) is 0 Å². The number of nitrogens with one attached hydrogen (secondary N) is 2. The van der Waals surface area contributed by atoms with Gasteiger partial charge in [0.25, 0.3) is 0 Å². The quantitative estimate of drug-likeness (QED) is 0.777. The van der Waals surface area contributed by atoms with Crippen LogP contribution in [0.25, 0.3) is 0 Å². The minimum Gasteiger partial charge on any atom is -0.365 e. The van der Waals surface area contributed by atoms with E-state index < -0.39 is 0 Å². The number of Topliss-reactive ketones (excluding diaryl/α,β-unsaturated/α-hetero) is 1. The highest BCUT2D eigenvalue weighted by Crippen LogP contribution is 2.27. The maximum Gasteiger partial charge on any atom is 0.166 e. The molecule has 0 unspecified atom stereocenters. The number of ketones is 1. The third-order valence-electron chi connectivity index (χ3n) is 3.08. The molecule has 0 spiro atoms. The molecular weight excluding hydrogens is 274 g/mol. The summed E-state index contributed by atoms with van der Waals surface area (Å²) in [4.78, 5) is 17.1. The molecule has 1 rings (SSSR count). The zero-order valence-corrected chi connectivity index (χ0v) is 15.3. The maximum absolute atomic E-state index is 12.4. The minimum absolute atomic E-state index is 0.0761. The molecule has 2 N–H and O–H groups in total. The smallest absolute Gasteiger partial charge is 0.166 e. The molecule has 0 atom stereocenters. The van der Waals surface area contributed by atoms with E-state index in [9.17, 15) is 4.79 Å². The predicted molar refractivity (Wildman–Crippen MR) is 95.0 cm³/mol. The Kier molecular flexibility index (Phi) is 5.60. The minimum atomic E-state index is -0.152. The fraction of sp³-hybridized carbons (Fsp3) is 0.667. The molecule has 0 radical (unpaired) electrons. The SMILES string of the molecule is CCC(=O)c1c(CC)cc(NC(C)(C)C)nc1NC(C)(C)C. The van der Waals surface area contributed by atoms with Gasteiger partial charge in [0.05, 0.1) is 5.56 Å². The monoisotopic (exact) mass is 305 g/mol. The van der Waals surface area contributed by atoms with E-state index in [0.29, 0.717) is 12.2 Å². The lowest BCUT2D eigenvalue weighted by molar-refractivity contribution is 0.0988. The first-order chi connectivity index (χ1) is 9.96. The molecule has 4 heteroatoms. The number of rotatable bonds is 5. The highest BCUT2D eigenvalue weighted by molar-refractivity contribution is 6.02. The molecule has 22 heavy (non-hydrogen) atoms. The van der Waals surface area contributed by atoms with Gasteiger partial charge in [-0.3, -0.25) is 4.79 Å². The van der Waals surface area contributed by atoms with Gasteiger partial charge in [-0.15, -0.1) is 0 Å². The predicted octanol–water partition coefficient (Wildman–Crippen LogP) is 4.66. The van der Waals surface area contributed by atoms with Crippen LogP contribution < -0.4 is 10.6 Å². The number of hydrogen-bond donors (Lipinski definition) is 2. The summed E-state index contributed by atoms with van der Waals surface area (Å²) in [6.07, 6.45) is 1.29. The van der Waals surface area contributed by atoms with Crippen molar-refractivity contribution in [2.75, 3.05) is 10.6 Å². The number of anilines is 2. The lowest BCUT2D eigenvalue weighted by atomic mass is 9.99. The first-order valence-corrected chi connectivity index (χ1v) is 8.10. The van der Waals surface area contributed by atoms with Crippen molar-refractivity contribution >= 4 is 17.4 Å². The zero-order chi connectivity index (χ0) is 17.1. The van der Waals surface area contributed by atoms with Crippen molar-refractivity contribution in [1.29, 1.82) is 0 Å². The van der Waals surface area contributed by atoms with Crippen LogP contribution in [-0.2, 0) is 6.42 Å². The van der Waals surface area contributed by atoms with Gasteiger partial charge in [-0.05, 0) is 59.6 Å². The fourth-order valence-corrected chi connectivity index (χ4v) is 2.26. The van der Waals surface area contributed by atoms with E-state index in [1.807, 2.05) is 13.0 Å². The second-order valence-electron chi connectivity index (χ2n) is 7.77. The first-order valence-electron chi connectivity index (χ1n) is 8.10. The van der Waals surface area contributed by atoms with Gasteiger partial charge in [0.15, 0.2) is 5.78 Å². The average molecular weight is 305 g/mol. The summed E-state index contributed by atoms with van der Waals surface area (Å²) in [7, 11) is 0. The van der Waals surface area contributed by atoms with Crippen molar-refractivity contribution < 1.29 is 4.79 Å². The second-order valence-corrected chi connectivity index (χ2v) is 7.77. The largest absolute Gasteiger partial charge is 0.365 e. The van der Waals surface area contributed by atoms with Crippen LogP contribution in [-0.4, -0.2) is 21.8 Å². The molecule has 1 aromatic heterocycles. The second kappa shape index (κ2) is 6.67. The van der Waals surface area contributed by atoms with Gasteiger partial charge in [0.2, 0.25) is 0 Å². The summed E-state index contributed by atoms with van der Waals surface area (Å²) in [5.74, 6) is 1.63. The van der Waals surface area contributed by atoms with Gasteiger partial charge < -0.3 is 10.6 Å². The molecule has 1 heterocycles. The number of aromatic nitrogens is 1. The third kappa shape index (κ3) is 5.32. The van der Waals surface area contributed by atoms with Gasteiger partial charge in [-0.1, -0.05) is 13.8 Å². The van der Waals surface area contributed by atoms with E-state index in [2.05, 4.69) is 64.1 Å². The van der Waals surface area contributed by atoms with Gasteiger partial charge in [0.1, 0.15) is 11.6 Å². The highest BCUT2D eigenvalue weighted by Gasteiger charge is 2.22. The van der Waals surface area contributed by atoms with Crippen molar-refractivity contribution in [1.82, 2.24) is 4.98 Å². The number of aryl methyl sites for hydroxylation is 1. The van der Waals surface area contributed by atoms with Crippen LogP contribution in [0.3, 0.4) is 0 Å². The van der Waals surface area contributed by atoms with Crippen molar-refractivity contribution in [2.45, 2.75) is 79.3 Å². The molecule has 124 valence electrons. The van der Waals surface area contributed by atoms with Crippen LogP contribution >= 0.6 is 0 Å². The summed E-state index contributed by atoms with van der Waals surface area (Å²) in [5, 5.41) is 6.80. The van der Waals surface area contributed by atoms with Crippen LogP contribution in [0.1, 0.15) is 77.7 Å². The summed E-state index contributed by atoms with van der Waals surface area (Å²) in [6.45, 7) is 16.5. The highest BCUT2D eigenvalue weighted by atomic mass is 16.1. The molecular formula is C18H31N3O. The molecule has 0 aliphatic rings. The molecule has 0 aromatic carbocycles. The van der Waals surface area contributed by atoms with Crippen molar-refractivity contribution in [3.8, 4) is 0 Å². The summed E-state index contributed by atoms with van der Waals surface area (Å²) < 4.78 is 0. The van der Waals surface area contributed by atoms with E-state index in [1.165, 1.54) is 0 Å². The Balaban J connectivity index is 3.44. The first kappa shape index (κ1) is 18.5.